The molecule has 2 N–H and O–H groups in total. The largest absolute Gasteiger partial charge is 0.497 e. The Kier molecular flexibility index (Phi) is 5.48. The molecule has 0 fully saturated rings. The van der Waals surface area contributed by atoms with Gasteiger partial charge < -0.3 is 19.0 Å². The van der Waals surface area contributed by atoms with Crippen LogP contribution >= 0.6 is 0 Å². The second kappa shape index (κ2) is 8.36. The summed E-state index contributed by atoms with van der Waals surface area (Å²) < 4.78 is 12.7. The minimum absolute atomic E-state index is 0.235. The van der Waals surface area contributed by atoms with Crippen molar-refractivity contribution in [3.63, 3.8) is 0 Å². The fraction of sp³-hybridized carbons (Fsp3) is 0.273. The Morgan fingerprint density at radius 2 is 2.07 bits per heavy atom. The molecule has 0 aliphatic carbocycles. The van der Waals surface area contributed by atoms with Crippen molar-refractivity contribution in [3.05, 3.63) is 54.2 Å². The van der Waals surface area contributed by atoms with Gasteiger partial charge in [0.1, 0.15) is 11.4 Å². The smallest absolute Gasteiger partial charge is 0.274 e. The van der Waals surface area contributed by atoms with Gasteiger partial charge in [-0.25, -0.2) is 4.98 Å². The maximum absolute atomic E-state index is 12.9. The molecule has 0 atom stereocenters. The first-order chi connectivity index (χ1) is 14.2. The Labute approximate surface area is 168 Å². The Balaban J connectivity index is 1.60. The first-order valence-electron chi connectivity index (χ1n) is 9.70. The summed E-state index contributed by atoms with van der Waals surface area (Å²) >= 11 is 0. The van der Waals surface area contributed by atoms with E-state index in [9.17, 15) is 4.79 Å². The lowest BCUT2D eigenvalue weighted by molar-refractivity contribution is 0.102. The molecule has 0 saturated heterocycles. The molecule has 2 aromatic carbocycles. The van der Waals surface area contributed by atoms with Crippen molar-refractivity contribution in [1.82, 2.24) is 14.5 Å². The molecule has 2 aromatic heterocycles. The summed E-state index contributed by atoms with van der Waals surface area (Å²) in [7, 11) is 1.62. The number of anilines is 1. The molecular weight excluding hydrogens is 368 g/mol. The number of carbonyl (C=O) groups excluding carboxylic acids is 1. The average molecular weight is 392 g/mol. The molecule has 0 aliphatic heterocycles. The lowest BCUT2D eigenvalue weighted by Gasteiger charge is -2.10. The summed E-state index contributed by atoms with van der Waals surface area (Å²) in [4.78, 5) is 20.7. The second-order valence-corrected chi connectivity index (χ2v) is 6.72. The topological polar surface area (TPSA) is 81.2 Å². The summed E-state index contributed by atoms with van der Waals surface area (Å²) in [6, 6.07) is 15.4. The summed E-state index contributed by atoms with van der Waals surface area (Å²) in [5.74, 6) is 1.04. The van der Waals surface area contributed by atoms with Gasteiger partial charge in [-0.1, -0.05) is 12.1 Å². The number of fused-ring (bicyclic) bond motifs is 2. The molecule has 7 heteroatoms. The number of amides is 1. The molecule has 7 nitrogen and oxygen atoms in total. The quantitative estimate of drug-likeness (QED) is 0.440. The van der Waals surface area contributed by atoms with E-state index in [2.05, 4.69) is 15.3 Å². The molecule has 0 unspecified atom stereocenters. The third-order valence-electron chi connectivity index (χ3n) is 4.83. The van der Waals surface area contributed by atoms with Crippen molar-refractivity contribution < 1.29 is 14.3 Å². The fourth-order valence-corrected chi connectivity index (χ4v) is 3.39. The van der Waals surface area contributed by atoms with E-state index in [1.807, 2.05) is 60.0 Å². The van der Waals surface area contributed by atoms with Gasteiger partial charge in [0.05, 0.1) is 18.1 Å². The van der Waals surface area contributed by atoms with E-state index in [4.69, 9.17) is 9.47 Å². The SMILES string of the molecule is CCOCCCn1c(NC(=O)c2cc3ccc(OC)cc3[nH]2)nc2ccccc21. The number of methoxy groups -OCH3 is 1. The number of ether oxygens (including phenoxy) is 2. The van der Waals surface area contributed by atoms with Gasteiger partial charge in [-0.15, -0.1) is 0 Å². The van der Waals surface area contributed by atoms with Crippen LogP contribution in [0.3, 0.4) is 0 Å². The summed E-state index contributed by atoms with van der Waals surface area (Å²) in [6.07, 6.45) is 0.837. The van der Waals surface area contributed by atoms with Gasteiger partial charge in [0, 0.05) is 36.7 Å². The van der Waals surface area contributed by atoms with Crippen molar-refractivity contribution >= 4 is 33.8 Å². The maximum atomic E-state index is 12.9. The molecule has 0 spiro atoms. The summed E-state index contributed by atoms with van der Waals surface area (Å²) in [6.45, 7) is 4.05. The predicted octanol–water partition coefficient (Wildman–Crippen LogP) is 4.21. The Hall–Kier alpha value is -3.32. The third kappa shape index (κ3) is 3.95. The van der Waals surface area contributed by atoms with E-state index >= 15 is 0 Å². The van der Waals surface area contributed by atoms with Gasteiger partial charge in [0.2, 0.25) is 5.95 Å². The van der Waals surface area contributed by atoms with Crippen LogP contribution < -0.4 is 10.1 Å². The van der Waals surface area contributed by atoms with Crippen LogP contribution in [0.5, 0.6) is 5.75 Å². The van der Waals surface area contributed by atoms with E-state index < -0.39 is 0 Å². The molecule has 2 heterocycles. The van der Waals surface area contributed by atoms with Crippen molar-refractivity contribution in [2.24, 2.45) is 0 Å². The van der Waals surface area contributed by atoms with Crippen LogP contribution in [0.2, 0.25) is 0 Å². The number of imidazole rings is 1. The van der Waals surface area contributed by atoms with Gasteiger partial charge in [0.25, 0.3) is 5.91 Å². The molecule has 4 rings (SSSR count). The van der Waals surface area contributed by atoms with Gasteiger partial charge in [-0.3, -0.25) is 10.1 Å². The zero-order chi connectivity index (χ0) is 20.2. The number of rotatable bonds is 8. The monoisotopic (exact) mass is 392 g/mol. The molecule has 29 heavy (non-hydrogen) atoms. The number of hydrogen-bond donors (Lipinski definition) is 2. The lowest BCUT2D eigenvalue weighted by Crippen LogP contribution is -2.17. The molecule has 0 radical (unpaired) electrons. The number of aryl methyl sites for hydroxylation is 1. The molecule has 1 amide bonds. The number of para-hydroxylation sites is 2. The van der Waals surface area contributed by atoms with Crippen molar-refractivity contribution in [2.75, 3.05) is 25.6 Å². The second-order valence-electron chi connectivity index (χ2n) is 6.72. The normalized spacial score (nSPS) is 11.2. The number of nitrogens with one attached hydrogen (secondary N) is 2. The highest BCUT2D eigenvalue weighted by Gasteiger charge is 2.16. The molecule has 0 aliphatic rings. The molecule has 4 aromatic rings. The number of aromatic nitrogens is 3. The minimum Gasteiger partial charge on any atom is -0.497 e. The van der Waals surface area contributed by atoms with Crippen LogP contribution in [0.4, 0.5) is 5.95 Å². The highest BCUT2D eigenvalue weighted by Crippen LogP contribution is 2.23. The number of H-pyrrole nitrogens is 1. The standard InChI is InChI=1S/C22H24N4O3/c1-3-29-12-6-11-26-20-8-5-4-7-17(20)24-22(26)25-21(27)19-13-15-9-10-16(28-2)14-18(15)23-19/h4-5,7-10,13-14,23H,3,6,11-12H2,1-2H3,(H,24,25,27). The van der Waals surface area contributed by atoms with E-state index in [0.717, 1.165) is 34.1 Å². The number of aromatic amines is 1. The van der Waals surface area contributed by atoms with Crippen molar-refractivity contribution in [3.8, 4) is 5.75 Å². The van der Waals surface area contributed by atoms with Crippen LogP contribution in [-0.4, -0.2) is 40.8 Å². The lowest BCUT2D eigenvalue weighted by atomic mass is 10.2. The number of hydrogen-bond acceptors (Lipinski definition) is 4. The molecule has 0 saturated carbocycles. The first kappa shape index (κ1) is 19.0. The van der Waals surface area contributed by atoms with Gasteiger partial charge in [-0.05, 0) is 43.7 Å². The number of benzene rings is 2. The van der Waals surface area contributed by atoms with E-state index in [0.29, 0.717) is 31.4 Å². The highest BCUT2D eigenvalue weighted by atomic mass is 16.5. The van der Waals surface area contributed by atoms with Crippen LogP contribution in [0, 0.1) is 0 Å². The van der Waals surface area contributed by atoms with Crippen LogP contribution in [0.1, 0.15) is 23.8 Å². The third-order valence-corrected chi connectivity index (χ3v) is 4.83. The molecule has 150 valence electrons. The van der Waals surface area contributed by atoms with Crippen LogP contribution in [0.15, 0.2) is 48.5 Å². The van der Waals surface area contributed by atoms with Gasteiger partial charge in [-0.2, -0.15) is 0 Å². The average Bonchev–Trinajstić information content (AvgIpc) is 3.32. The zero-order valence-corrected chi connectivity index (χ0v) is 16.6. The Morgan fingerprint density at radius 1 is 1.21 bits per heavy atom. The van der Waals surface area contributed by atoms with Crippen molar-refractivity contribution in [1.29, 1.82) is 0 Å². The van der Waals surface area contributed by atoms with Gasteiger partial charge >= 0.3 is 0 Å². The maximum Gasteiger partial charge on any atom is 0.274 e. The number of carbonyl (C=O) groups is 1. The highest BCUT2D eigenvalue weighted by molar-refractivity contribution is 6.05. The minimum atomic E-state index is -0.235. The van der Waals surface area contributed by atoms with E-state index in [-0.39, 0.29) is 5.91 Å². The Morgan fingerprint density at radius 3 is 2.90 bits per heavy atom. The zero-order valence-electron chi connectivity index (χ0n) is 16.6. The Bertz CT molecular complexity index is 1150. The first-order valence-corrected chi connectivity index (χ1v) is 9.70. The molecule has 0 bridgehead atoms. The van der Waals surface area contributed by atoms with E-state index in [1.165, 1.54) is 0 Å². The van der Waals surface area contributed by atoms with E-state index in [1.54, 1.807) is 7.11 Å². The molecular formula is C22H24N4O3. The summed E-state index contributed by atoms with van der Waals surface area (Å²) in [5, 5.41) is 3.90. The van der Waals surface area contributed by atoms with Crippen LogP contribution in [0.25, 0.3) is 21.9 Å². The van der Waals surface area contributed by atoms with Crippen molar-refractivity contribution in [2.45, 2.75) is 19.9 Å². The summed E-state index contributed by atoms with van der Waals surface area (Å²) in [5.41, 5.74) is 3.15. The van der Waals surface area contributed by atoms with Gasteiger partial charge in [0.15, 0.2) is 0 Å². The fourth-order valence-electron chi connectivity index (χ4n) is 3.39. The predicted molar refractivity (Wildman–Crippen MR) is 114 cm³/mol. The number of nitrogens with zero attached hydrogens (tertiary/aromatic N) is 2. The van der Waals surface area contributed by atoms with Crippen LogP contribution in [-0.2, 0) is 11.3 Å².